The zero-order valence-corrected chi connectivity index (χ0v) is 14.4. The molecule has 4 rings (SSSR count). The van der Waals surface area contributed by atoms with Gasteiger partial charge in [0.1, 0.15) is 0 Å². The van der Waals surface area contributed by atoms with Gasteiger partial charge in [-0.2, -0.15) is 5.10 Å². The molecule has 126 valence electrons. The summed E-state index contributed by atoms with van der Waals surface area (Å²) in [5, 5.41) is 6.38. The first-order valence-electron chi connectivity index (χ1n) is 8.16. The fourth-order valence-electron chi connectivity index (χ4n) is 2.87. The quantitative estimate of drug-likeness (QED) is 0.711. The maximum Gasteiger partial charge on any atom is 0.209 e. The van der Waals surface area contributed by atoms with Gasteiger partial charge in [-0.05, 0) is 18.4 Å². The fraction of sp³-hybridized carbons (Fsp3) is 0.412. The Morgan fingerprint density at radius 2 is 2.33 bits per heavy atom. The smallest absolute Gasteiger partial charge is 0.209 e. The van der Waals surface area contributed by atoms with Crippen LogP contribution in [-0.4, -0.2) is 39.4 Å². The van der Waals surface area contributed by atoms with Crippen molar-refractivity contribution in [1.29, 1.82) is 0 Å². The van der Waals surface area contributed by atoms with E-state index in [1.54, 1.807) is 11.3 Å². The molecule has 3 aromatic rings. The van der Waals surface area contributed by atoms with Gasteiger partial charge in [-0.1, -0.05) is 6.07 Å². The van der Waals surface area contributed by atoms with Crippen molar-refractivity contribution in [3.05, 3.63) is 47.6 Å². The minimum atomic E-state index is 0.0609. The first-order valence-corrected chi connectivity index (χ1v) is 9.04. The molecule has 3 aromatic heterocycles. The minimum absolute atomic E-state index is 0.0609. The van der Waals surface area contributed by atoms with E-state index in [1.165, 1.54) is 0 Å². The summed E-state index contributed by atoms with van der Waals surface area (Å²) < 4.78 is 13.7. The van der Waals surface area contributed by atoms with Crippen LogP contribution in [0.15, 0.2) is 40.5 Å². The number of aryl methyl sites for hydroxylation is 1. The molecule has 7 heteroatoms. The number of ether oxygens (including phenoxy) is 1. The molecular weight excluding hydrogens is 324 g/mol. The van der Waals surface area contributed by atoms with E-state index in [1.807, 2.05) is 34.6 Å². The van der Waals surface area contributed by atoms with Crippen molar-refractivity contribution in [2.75, 3.05) is 19.7 Å². The van der Waals surface area contributed by atoms with Crippen LogP contribution in [0.5, 0.6) is 0 Å². The third kappa shape index (κ3) is 3.28. The van der Waals surface area contributed by atoms with E-state index in [0.29, 0.717) is 13.2 Å². The van der Waals surface area contributed by atoms with Crippen LogP contribution in [-0.2, 0) is 17.8 Å². The van der Waals surface area contributed by atoms with Gasteiger partial charge < -0.3 is 9.15 Å². The number of morpholine rings is 1. The Morgan fingerprint density at radius 3 is 3.12 bits per heavy atom. The zero-order valence-electron chi connectivity index (χ0n) is 13.6. The number of hydrogen-bond acceptors (Lipinski definition) is 6. The molecule has 1 aliphatic heterocycles. The Bertz CT molecular complexity index is 780. The SMILES string of the molecule is CCn1cc(C2CN(Cc3ncc(-c4cccs4)o3)CCO2)cn1. The summed E-state index contributed by atoms with van der Waals surface area (Å²) in [5.74, 6) is 1.59. The van der Waals surface area contributed by atoms with E-state index >= 15 is 0 Å². The lowest BCUT2D eigenvalue weighted by atomic mass is 10.1. The number of nitrogens with zero attached hydrogens (tertiary/aromatic N) is 4. The molecule has 0 amide bonds. The maximum atomic E-state index is 5.91. The highest BCUT2D eigenvalue weighted by Crippen LogP contribution is 2.27. The molecule has 1 saturated heterocycles. The molecule has 6 nitrogen and oxygen atoms in total. The normalized spacial score (nSPS) is 19.0. The predicted molar refractivity (Wildman–Crippen MR) is 91.7 cm³/mol. The first-order chi connectivity index (χ1) is 11.8. The number of rotatable bonds is 5. The fourth-order valence-corrected chi connectivity index (χ4v) is 3.55. The van der Waals surface area contributed by atoms with Crippen LogP contribution in [0.2, 0.25) is 0 Å². The number of aromatic nitrogens is 3. The van der Waals surface area contributed by atoms with Gasteiger partial charge >= 0.3 is 0 Å². The number of thiophene rings is 1. The topological polar surface area (TPSA) is 56.3 Å². The minimum Gasteiger partial charge on any atom is -0.438 e. The van der Waals surface area contributed by atoms with Crippen LogP contribution >= 0.6 is 11.3 Å². The van der Waals surface area contributed by atoms with Gasteiger partial charge in [0.25, 0.3) is 0 Å². The summed E-state index contributed by atoms with van der Waals surface area (Å²) in [4.78, 5) is 7.86. The summed E-state index contributed by atoms with van der Waals surface area (Å²) in [6.07, 6.45) is 5.84. The van der Waals surface area contributed by atoms with Gasteiger partial charge in [0.15, 0.2) is 5.76 Å². The Hall–Kier alpha value is -1.96. The van der Waals surface area contributed by atoms with Gasteiger partial charge in [0.05, 0.1) is 36.5 Å². The molecule has 1 unspecified atom stereocenters. The molecule has 0 radical (unpaired) electrons. The van der Waals surface area contributed by atoms with E-state index in [9.17, 15) is 0 Å². The number of oxazole rings is 1. The molecule has 0 saturated carbocycles. The van der Waals surface area contributed by atoms with Crippen molar-refractivity contribution in [3.63, 3.8) is 0 Å². The van der Waals surface area contributed by atoms with Gasteiger partial charge in [-0.25, -0.2) is 4.98 Å². The molecule has 1 aliphatic rings. The second-order valence-corrected chi connectivity index (χ2v) is 6.77. The molecule has 0 spiro atoms. The van der Waals surface area contributed by atoms with Crippen molar-refractivity contribution in [2.24, 2.45) is 0 Å². The second kappa shape index (κ2) is 6.88. The molecule has 0 N–H and O–H groups in total. The molecule has 4 heterocycles. The van der Waals surface area contributed by atoms with Crippen molar-refractivity contribution in [2.45, 2.75) is 26.1 Å². The summed E-state index contributed by atoms with van der Waals surface area (Å²) in [5.41, 5.74) is 1.13. The summed E-state index contributed by atoms with van der Waals surface area (Å²) >= 11 is 1.66. The van der Waals surface area contributed by atoms with E-state index in [0.717, 1.165) is 41.7 Å². The summed E-state index contributed by atoms with van der Waals surface area (Å²) in [7, 11) is 0. The summed E-state index contributed by atoms with van der Waals surface area (Å²) in [6.45, 7) is 6.08. The van der Waals surface area contributed by atoms with Crippen LogP contribution in [0.1, 0.15) is 24.5 Å². The monoisotopic (exact) mass is 344 g/mol. The molecule has 1 fully saturated rings. The average Bonchev–Trinajstić information content (AvgIpc) is 3.36. The van der Waals surface area contributed by atoms with Gasteiger partial charge in [0, 0.05) is 31.4 Å². The molecule has 0 aliphatic carbocycles. The van der Waals surface area contributed by atoms with E-state index < -0.39 is 0 Å². The maximum absolute atomic E-state index is 5.91. The molecule has 0 aromatic carbocycles. The van der Waals surface area contributed by atoms with Crippen LogP contribution in [0.25, 0.3) is 10.6 Å². The third-order valence-electron chi connectivity index (χ3n) is 4.18. The van der Waals surface area contributed by atoms with Crippen LogP contribution in [0, 0.1) is 0 Å². The van der Waals surface area contributed by atoms with E-state index in [-0.39, 0.29) is 6.10 Å². The van der Waals surface area contributed by atoms with Crippen molar-refractivity contribution in [1.82, 2.24) is 19.7 Å². The summed E-state index contributed by atoms with van der Waals surface area (Å²) in [6, 6.07) is 4.07. The first kappa shape index (κ1) is 15.6. The zero-order chi connectivity index (χ0) is 16.4. The molecule has 1 atom stereocenters. The Labute approximate surface area is 144 Å². The highest BCUT2D eigenvalue weighted by atomic mass is 32.1. The Kier molecular flexibility index (Phi) is 4.46. The predicted octanol–water partition coefficient (Wildman–Crippen LogP) is 3.19. The van der Waals surface area contributed by atoms with Crippen molar-refractivity contribution < 1.29 is 9.15 Å². The standard InChI is InChI=1S/C17H20N4O2S/c1-2-21-10-13(8-19-21)15-11-20(5-6-22-15)12-17-18-9-14(23-17)16-4-3-7-24-16/h3-4,7-10,15H,2,5-6,11-12H2,1H3. The second-order valence-electron chi connectivity index (χ2n) is 5.82. The lowest BCUT2D eigenvalue weighted by Gasteiger charge is -2.31. The van der Waals surface area contributed by atoms with Gasteiger partial charge in [0.2, 0.25) is 5.89 Å². The Morgan fingerprint density at radius 1 is 1.38 bits per heavy atom. The third-order valence-corrected chi connectivity index (χ3v) is 5.06. The van der Waals surface area contributed by atoms with Crippen molar-refractivity contribution >= 4 is 11.3 Å². The van der Waals surface area contributed by atoms with Crippen LogP contribution in [0.4, 0.5) is 0 Å². The Balaban J connectivity index is 1.41. The average molecular weight is 344 g/mol. The molecule has 24 heavy (non-hydrogen) atoms. The van der Waals surface area contributed by atoms with Gasteiger partial charge in [-0.15, -0.1) is 11.3 Å². The van der Waals surface area contributed by atoms with E-state index in [2.05, 4.69) is 28.1 Å². The molecular formula is C17H20N4O2S. The number of hydrogen-bond donors (Lipinski definition) is 0. The highest BCUT2D eigenvalue weighted by Gasteiger charge is 2.24. The van der Waals surface area contributed by atoms with E-state index in [4.69, 9.17) is 9.15 Å². The van der Waals surface area contributed by atoms with Gasteiger partial charge in [-0.3, -0.25) is 9.58 Å². The van der Waals surface area contributed by atoms with Crippen molar-refractivity contribution in [3.8, 4) is 10.6 Å². The van der Waals surface area contributed by atoms with Crippen LogP contribution in [0.3, 0.4) is 0 Å². The largest absolute Gasteiger partial charge is 0.438 e. The highest BCUT2D eigenvalue weighted by molar-refractivity contribution is 7.13. The molecule has 0 bridgehead atoms. The lowest BCUT2D eigenvalue weighted by molar-refractivity contribution is -0.0351. The van der Waals surface area contributed by atoms with Crippen LogP contribution < -0.4 is 0 Å². The lowest BCUT2D eigenvalue weighted by Crippen LogP contribution is -2.37.